The maximum Gasteiger partial charge on any atom is 0.510 e. The van der Waals surface area contributed by atoms with E-state index >= 15 is 0 Å². The van der Waals surface area contributed by atoms with E-state index in [2.05, 4.69) is 0 Å². The lowest BCUT2D eigenvalue weighted by Crippen LogP contribution is -2.97. The van der Waals surface area contributed by atoms with Crippen LogP contribution in [0.3, 0.4) is 0 Å². The van der Waals surface area contributed by atoms with Crippen molar-refractivity contribution in [3.63, 3.8) is 0 Å². The van der Waals surface area contributed by atoms with Gasteiger partial charge in [-0.2, -0.15) is 0 Å². The van der Waals surface area contributed by atoms with E-state index in [9.17, 15) is 44.1 Å². The number of rotatable bonds is 9. The van der Waals surface area contributed by atoms with Crippen molar-refractivity contribution in [1.82, 2.24) is 0 Å². The largest absolute Gasteiger partial charge is 0.510 e. The predicted molar refractivity (Wildman–Crippen MR) is 180 cm³/mol. The quantitative estimate of drug-likeness (QED) is 0.238. The number of methoxy groups -OCH3 is 1. The van der Waals surface area contributed by atoms with Gasteiger partial charge in [0.15, 0.2) is 23.9 Å². The summed E-state index contributed by atoms with van der Waals surface area (Å²) in [6, 6.07) is 1.48. The van der Waals surface area contributed by atoms with E-state index in [0.717, 1.165) is 34.8 Å². The molecule has 18 heteroatoms. The van der Waals surface area contributed by atoms with Crippen molar-refractivity contribution >= 4 is 36.0 Å². The normalized spacial score (nSPS) is 44.6. The molecule has 5 fully saturated rings. The minimum absolute atomic E-state index is 0.120. The highest BCUT2D eigenvalue weighted by Gasteiger charge is 3.04. The Morgan fingerprint density at radius 3 is 2.09 bits per heavy atom. The first kappa shape index (κ1) is 39.6. The molecule has 2 aliphatic heterocycles. The van der Waals surface area contributed by atoms with Crippen molar-refractivity contribution in [2.45, 2.75) is 127 Å². The molecule has 1 aromatic rings. The van der Waals surface area contributed by atoms with Crippen molar-refractivity contribution in [3.8, 4) is 0 Å². The minimum atomic E-state index is -2.81. The fourth-order valence-corrected chi connectivity index (χ4v) is 12.4. The molecule has 1 spiro atoms. The van der Waals surface area contributed by atoms with Crippen LogP contribution in [0.4, 0.5) is 4.79 Å². The van der Waals surface area contributed by atoms with Crippen LogP contribution >= 0.6 is 0 Å². The Hall–Kier alpha value is -4.68. The van der Waals surface area contributed by atoms with Gasteiger partial charge in [0.1, 0.15) is 11.7 Å². The van der Waals surface area contributed by atoms with Crippen LogP contribution in [0.1, 0.15) is 79.9 Å². The third-order valence-corrected chi connectivity index (χ3v) is 13.9. The summed E-state index contributed by atoms with van der Waals surface area (Å²) < 4.78 is 53.8. The molecule has 56 heavy (non-hydrogen) atoms. The molecule has 2 bridgehead atoms. The van der Waals surface area contributed by atoms with Crippen LogP contribution in [0.15, 0.2) is 34.8 Å². The molecule has 0 amide bonds. The first-order valence-electron chi connectivity index (χ1n) is 18.2. The summed E-state index contributed by atoms with van der Waals surface area (Å²) in [5.41, 5.74) is -16.5. The Morgan fingerprint density at radius 1 is 0.929 bits per heavy atom. The van der Waals surface area contributed by atoms with E-state index in [4.69, 9.17) is 42.3 Å². The van der Waals surface area contributed by atoms with Gasteiger partial charge < -0.3 is 57.6 Å². The van der Waals surface area contributed by atoms with Crippen molar-refractivity contribution < 1.29 is 86.4 Å². The summed E-state index contributed by atoms with van der Waals surface area (Å²) in [6.45, 7) is 10.2. The molecule has 15 unspecified atom stereocenters. The van der Waals surface area contributed by atoms with E-state index in [1.54, 1.807) is 6.92 Å². The molecule has 15 atom stereocenters. The molecule has 18 nitrogen and oxygen atoms in total. The van der Waals surface area contributed by atoms with Crippen LogP contribution in [0, 0.1) is 28.1 Å². The van der Waals surface area contributed by atoms with Crippen LogP contribution in [-0.2, 0) is 61.9 Å². The van der Waals surface area contributed by atoms with Crippen LogP contribution < -0.4 is 0 Å². The number of fused-ring (bicyclic) bond motifs is 2. The smallest absolute Gasteiger partial charge is 0.487 e. The van der Waals surface area contributed by atoms with E-state index in [1.165, 1.54) is 45.4 Å². The van der Waals surface area contributed by atoms with Crippen LogP contribution in [0.2, 0.25) is 0 Å². The number of hydrogen-bond acceptors (Lipinski definition) is 18. The third kappa shape index (κ3) is 4.26. The number of ether oxygens (including phenoxy) is 8. The number of aliphatic hydroxyl groups excluding tert-OH is 1. The number of aliphatic hydroxyl groups is 3. The predicted octanol–water partition coefficient (Wildman–Crippen LogP) is 1.71. The Kier molecular flexibility index (Phi) is 8.59. The summed E-state index contributed by atoms with van der Waals surface area (Å²) in [6.07, 6.45) is -9.02. The topological polar surface area (TPSA) is 250 Å². The van der Waals surface area contributed by atoms with Crippen LogP contribution in [0.5, 0.6) is 0 Å². The Morgan fingerprint density at radius 2 is 1.55 bits per heavy atom. The number of furan rings is 1. The van der Waals surface area contributed by atoms with E-state index in [1.807, 2.05) is 0 Å². The van der Waals surface area contributed by atoms with E-state index in [-0.39, 0.29) is 17.7 Å². The maximum absolute atomic E-state index is 14.3. The highest BCUT2D eigenvalue weighted by atomic mass is 16.8. The SMILES string of the molecule is CCC1=CC2C(C)(C(OC(C)=O)c3ccoc3)C(OC(C)=O)C(OC(C)=O)C34OC(=O)OC23C(O1)C1(O)C(O)C2(C)CC1(O)C4(C)C2C(OC(C)=O)C(=O)OC. The second-order valence-corrected chi connectivity index (χ2v) is 16.4. The molecular formula is C38H46O18. The molecule has 7 rings (SSSR count). The molecule has 306 valence electrons. The van der Waals surface area contributed by atoms with Crippen molar-refractivity contribution in [3.05, 3.63) is 36.0 Å². The summed E-state index contributed by atoms with van der Waals surface area (Å²) in [4.78, 5) is 80.7. The molecular weight excluding hydrogens is 744 g/mol. The van der Waals surface area contributed by atoms with Gasteiger partial charge in [0.25, 0.3) is 0 Å². The number of hydrogen-bond donors (Lipinski definition) is 3. The lowest BCUT2D eigenvalue weighted by atomic mass is 9.32. The molecule has 0 radical (unpaired) electrons. The van der Waals surface area contributed by atoms with Gasteiger partial charge in [-0.1, -0.05) is 27.7 Å². The van der Waals surface area contributed by atoms with Crippen LogP contribution in [0.25, 0.3) is 0 Å². The molecule has 1 saturated heterocycles. The lowest BCUT2D eigenvalue weighted by Gasteiger charge is -2.76. The second-order valence-electron chi connectivity index (χ2n) is 16.4. The summed E-state index contributed by atoms with van der Waals surface area (Å²) in [5, 5.41) is 39.4. The first-order valence-corrected chi connectivity index (χ1v) is 18.2. The van der Waals surface area contributed by atoms with E-state index < -0.39 is 130 Å². The molecule has 4 saturated carbocycles. The van der Waals surface area contributed by atoms with Crippen molar-refractivity contribution in [1.29, 1.82) is 0 Å². The van der Waals surface area contributed by atoms with Gasteiger partial charge in [0.05, 0.1) is 42.3 Å². The Labute approximate surface area is 320 Å². The second kappa shape index (κ2) is 12.2. The van der Waals surface area contributed by atoms with Gasteiger partial charge in [-0.25, -0.2) is 9.59 Å². The average Bonchev–Trinajstić information content (AvgIpc) is 3.83. The molecule has 3 heterocycles. The molecule has 3 N–H and O–H groups in total. The zero-order valence-corrected chi connectivity index (χ0v) is 32.3. The van der Waals surface area contributed by atoms with E-state index in [0.29, 0.717) is 0 Å². The fraction of sp³-hybridized carbons (Fsp3) is 0.684. The standard InChI is InChI=1S/C38H46O18/c1-10-21-13-22-33(7,25(51-17(3)40)20-11-12-49-14-20)26(52-18(4)41)27(53-19(5)42)38-34(8)24(23(28(43)48-9)50-16(2)39)32(6)15-35(34,46)36(47,29(32)44)30(54-21)37(22,38)55-31(45)56-38/h11-14,22-27,29-30,44,46-47H,10,15H2,1-9H3. The fourth-order valence-electron chi connectivity index (χ4n) is 12.4. The third-order valence-electron chi connectivity index (χ3n) is 13.9. The zero-order chi connectivity index (χ0) is 41.3. The van der Waals surface area contributed by atoms with Gasteiger partial charge in [-0.3, -0.25) is 19.2 Å². The van der Waals surface area contributed by atoms with Gasteiger partial charge in [-0.15, -0.1) is 0 Å². The number of esters is 5. The average molecular weight is 791 g/mol. The summed E-state index contributed by atoms with van der Waals surface area (Å²) in [7, 11) is 1.02. The summed E-state index contributed by atoms with van der Waals surface area (Å²) >= 11 is 0. The monoisotopic (exact) mass is 790 g/mol. The minimum Gasteiger partial charge on any atom is -0.487 e. The lowest BCUT2D eigenvalue weighted by molar-refractivity contribution is -0.438. The highest BCUT2D eigenvalue weighted by molar-refractivity contribution is 5.80. The van der Waals surface area contributed by atoms with Gasteiger partial charge >= 0.3 is 36.0 Å². The van der Waals surface area contributed by atoms with Gasteiger partial charge in [0.2, 0.25) is 17.3 Å². The number of carbonyl (C=O) groups is 6. The Balaban J connectivity index is 1.70. The molecule has 1 aromatic heterocycles. The van der Waals surface area contributed by atoms with Crippen molar-refractivity contribution in [2.24, 2.45) is 28.1 Å². The molecule has 4 aliphatic carbocycles. The Bertz CT molecular complexity index is 1920. The molecule has 0 aromatic carbocycles. The maximum atomic E-state index is 14.3. The zero-order valence-electron chi connectivity index (χ0n) is 32.3. The summed E-state index contributed by atoms with van der Waals surface area (Å²) in [5.74, 6) is -7.82. The van der Waals surface area contributed by atoms with Crippen molar-refractivity contribution in [2.75, 3.05) is 7.11 Å². The number of allylic oxidation sites excluding steroid dienone is 1. The first-order chi connectivity index (χ1) is 26.0. The van der Waals surface area contributed by atoms with Crippen LogP contribution in [-0.4, -0.2) is 111 Å². The number of carbonyl (C=O) groups excluding carboxylic acids is 6. The highest BCUT2D eigenvalue weighted by Crippen LogP contribution is 2.86. The molecule has 6 aliphatic rings. The van der Waals surface area contributed by atoms with Gasteiger partial charge in [-0.05, 0) is 18.6 Å². The van der Waals surface area contributed by atoms with Gasteiger partial charge in [0, 0.05) is 56.9 Å².